The van der Waals surface area contributed by atoms with Crippen molar-refractivity contribution in [2.75, 3.05) is 13.1 Å². The van der Waals surface area contributed by atoms with Crippen molar-refractivity contribution in [1.29, 1.82) is 0 Å². The number of aromatic nitrogens is 1. The van der Waals surface area contributed by atoms with Crippen molar-refractivity contribution in [3.63, 3.8) is 0 Å². The summed E-state index contributed by atoms with van der Waals surface area (Å²) in [5.74, 6) is -2.54. The Labute approximate surface area is 167 Å². The Hall–Kier alpha value is -2.16. The van der Waals surface area contributed by atoms with Crippen LogP contribution < -0.4 is 5.32 Å². The minimum absolute atomic E-state index is 0.277. The third kappa shape index (κ3) is 3.36. The molecule has 0 radical (unpaired) electrons. The molecule has 28 heavy (non-hydrogen) atoms. The molecule has 1 aliphatic heterocycles. The van der Waals surface area contributed by atoms with Gasteiger partial charge in [-0.15, -0.1) is 0 Å². The van der Waals surface area contributed by atoms with E-state index in [1.54, 1.807) is 12.1 Å². The molecule has 0 aliphatic carbocycles. The van der Waals surface area contributed by atoms with Crippen molar-refractivity contribution in [3.05, 3.63) is 75.7 Å². The second-order valence-electron chi connectivity index (χ2n) is 6.80. The number of piperidine rings is 1. The molecule has 146 valence electrons. The van der Waals surface area contributed by atoms with Crippen molar-refractivity contribution in [1.82, 2.24) is 10.5 Å². The third-order valence-corrected chi connectivity index (χ3v) is 5.76. The monoisotopic (exact) mass is 452 g/mol. The summed E-state index contributed by atoms with van der Waals surface area (Å²) in [5.41, 5.74) is -0.0631. The zero-order chi connectivity index (χ0) is 19.9. The van der Waals surface area contributed by atoms with Gasteiger partial charge in [-0.1, -0.05) is 11.2 Å². The summed E-state index contributed by atoms with van der Waals surface area (Å²) in [7, 11) is 0. The van der Waals surface area contributed by atoms with Crippen LogP contribution in [0, 0.1) is 17.5 Å². The molecular formula is C20H16BrF3N2O2. The molecule has 2 N–H and O–H groups in total. The Morgan fingerprint density at radius 2 is 1.93 bits per heavy atom. The van der Waals surface area contributed by atoms with Crippen LogP contribution in [0.3, 0.4) is 0 Å². The normalized spacial score (nSPS) is 22.4. The number of hydrogen-bond acceptors (Lipinski definition) is 4. The smallest absolute Gasteiger partial charge is 0.159 e. The minimum Gasteiger partial charge on any atom is -0.384 e. The fourth-order valence-electron chi connectivity index (χ4n) is 3.59. The van der Waals surface area contributed by atoms with Crippen LogP contribution in [0.1, 0.15) is 23.7 Å². The van der Waals surface area contributed by atoms with E-state index in [0.29, 0.717) is 41.0 Å². The van der Waals surface area contributed by atoms with Crippen LogP contribution in [0.25, 0.3) is 11.3 Å². The number of aliphatic hydroxyl groups is 1. The fraction of sp³-hybridized carbons (Fsp3) is 0.250. The van der Waals surface area contributed by atoms with E-state index in [-0.39, 0.29) is 11.4 Å². The fourth-order valence-corrected chi connectivity index (χ4v) is 4.15. The maximum atomic E-state index is 13.8. The molecule has 1 aromatic heterocycles. The molecule has 4 rings (SSSR count). The standard InChI is InChI=1S/C20H16BrF3N2O2/c21-15-8-12(22)2-3-13(15)18-9-19(28-26-18)14-10-25-6-5-20(14,27)11-1-4-16(23)17(24)7-11/h1-4,7-9,14,25,27H,5-6,10H2/t14-,20+/m1/s1. The summed E-state index contributed by atoms with van der Waals surface area (Å²) in [6.45, 7) is 0.880. The highest BCUT2D eigenvalue weighted by molar-refractivity contribution is 9.10. The van der Waals surface area contributed by atoms with Gasteiger partial charge in [-0.3, -0.25) is 0 Å². The molecule has 8 heteroatoms. The van der Waals surface area contributed by atoms with Crippen LogP contribution in [-0.4, -0.2) is 23.4 Å². The van der Waals surface area contributed by atoms with E-state index in [1.165, 1.54) is 18.2 Å². The first-order valence-electron chi connectivity index (χ1n) is 8.69. The zero-order valence-corrected chi connectivity index (χ0v) is 16.1. The predicted molar refractivity (Wildman–Crippen MR) is 100 cm³/mol. The van der Waals surface area contributed by atoms with Crippen molar-refractivity contribution < 1.29 is 22.8 Å². The molecule has 2 heterocycles. The number of benzene rings is 2. The lowest BCUT2D eigenvalue weighted by Gasteiger charge is -2.39. The summed E-state index contributed by atoms with van der Waals surface area (Å²) in [6, 6.07) is 9.27. The maximum Gasteiger partial charge on any atom is 0.159 e. The largest absolute Gasteiger partial charge is 0.384 e. The van der Waals surface area contributed by atoms with E-state index in [2.05, 4.69) is 26.4 Å². The molecule has 0 amide bonds. The molecule has 2 aromatic carbocycles. The van der Waals surface area contributed by atoms with Gasteiger partial charge in [-0.25, -0.2) is 13.2 Å². The average Bonchev–Trinajstić information content (AvgIpc) is 3.13. The van der Waals surface area contributed by atoms with Crippen molar-refractivity contribution in [3.8, 4) is 11.3 Å². The van der Waals surface area contributed by atoms with E-state index in [9.17, 15) is 18.3 Å². The number of hydrogen-bond donors (Lipinski definition) is 2. The topological polar surface area (TPSA) is 58.3 Å². The van der Waals surface area contributed by atoms with Gasteiger partial charge >= 0.3 is 0 Å². The molecule has 1 fully saturated rings. The second-order valence-corrected chi connectivity index (χ2v) is 7.65. The molecule has 0 spiro atoms. The predicted octanol–water partition coefficient (Wildman–Crippen LogP) is 4.49. The summed E-state index contributed by atoms with van der Waals surface area (Å²) in [5, 5.41) is 18.6. The maximum absolute atomic E-state index is 13.8. The van der Waals surface area contributed by atoms with Gasteiger partial charge < -0.3 is 14.9 Å². The molecule has 1 saturated heterocycles. The highest BCUT2D eigenvalue weighted by Gasteiger charge is 2.44. The molecule has 3 aromatic rings. The van der Waals surface area contributed by atoms with E-state index in [0.717, 1.165) is 12.1 Å². The van der Waals surface area contributed by atoms with E-state index in [1.807, 2.05) is 0 Å². The Morgan fingerprint density at radius 1 is 1.11 bits per heavy atom. The minimum atomic E-state index is -1.45. The number of halogens is 4. The van der Waals surface area contributed by atoms with Gasteiger partial charge in [0, 0.05) is 22.6 Å². The van der Waals surface area contributed by atoms with Crippen LogP contribution in [-0.2, 0) is 5.60 Å². The summed E-state index contributed by atoms with van der Waals surface area (Å²) < 4.78 is 46.4. The van der Waals surface area contributed by atoms with E-state index >= 15 is 0 Å². The van der Waals surface area contributed by atoms with Gasteiger partial charge in [0.15, 0.2) is 11.6 Å². The molecule has 2 atom stereocenters. The van der Waals surface area contributed by atoms with Crippen LogP contribution >= 0.6 is 15.9 Å². The lowest BCUT2D eigenvalue weighted by molar-refractivity contribution is -0.0233. The van der Waals surface area contributed by atoms with Gasteiger partial charge in [0.1, 0.15) is 22.9 Å². The SMILES string of the molecule is O[C@]1(c2ccc(F)c(F)c2)CCNC[C@@H]1c1cc(-c2ccc(F)cc2Br)no1. The Balaban J connectivity index is 1.72. The van der Waals surface area contributed by atoms with Crippen LogP contribution in [0.15, 0.2) is 51.5 Å². The van der Waals surface area contributed by atoms with Gasteiger partial charge in [0.25, 0.3) is 0 Å². The summed E-state index contributed by atoms with van der Waals surface area (Å²) in [4.78, 5) is 0. The first kappa shape index (κ1) is 19.2. The molecular weight excluding hydrogens is 437 g/mol. The molecule has 0 bridgehead atoms. The molecule has 1 aliphatic rings. The summed E-state index contributed by atoms with van der Waals surface area (Å²) in [6.07, 6.45) is 0.291. The van der Waals surface area contributed by atoms with Crippen LogP contribution in [0.4, 0.5) is 13.2 Å². The molecule has 0 saturated carbocycles. The summed E-state index contributed by atoms with van der Waals surface area (Å²) >= 11 is 3.30. The van der Waals surface area contributed by atoms with E-state index < -0.39 is 23.2 Å². The van der Waals surface area contributed by atoms with Gasteiger partial charge in [0.05, 0.1) is 5.92 Å². The van der Waals surface area contributed by atoms with Gasteiger partial charge in [-0.05, 0) is 64.8 Å². The van der Waals surface area contributed by atoms with Crippen LogP contribution in [0.5, 0.6) is 0 Å². The van der Waals surface area contributed by atoms with Crippen molar-refractivity contribution in [2.24, 2.45) is 0 Å². The van der Waals surface area contributed by atoms with Crippen LogP contribution in [0.2, 0.25) is 0 Å². The quantitative estimate of drug-likeness (QED) is 0.614. The zero-order valence-electron chi connectivity index (χ0n) is 14.6. The lowest BCUT2D eigenvalue weighted by atomic mass is 9.75. The Morgan fingerprint density at radius 3 is 2.68 bits per heavy atom. The van der Waals surface area contributed by atoms with E-state index in [4.69, 9.17) is 4.52 Å². The van der Waals surface area contributed by atoms with Crippen molar-refractivity contribution >= 4 is 15.9 Å². The molecule has 0 unspecified atom stereocenters. The number of rotatable bonds is 3. The number of nitrogens with one attached hydrogen (secondary N) is 1. The van der Waals surface area contributed by atoms with Gasteiger partial charge in [0.2, 0.25) is 0 Å². The first-order chi connectivity index (χ1) is 13.4. The average molecular weight is 453 g/mol. The second kappa shape index (κ2) is 7.35. The van der Waals surface area contributed by atoms with Gasteiger partial charge in [-0.2, -0.15) is 0 Å². The lowest BCUT2D eigenvalue weighted by Crippen LogP contribution is -2.46. The number of nitrogens with zero attached hydrogens (tertiary/aromatic N) is 1. The Bertz CT molecular complexity index is 1030. The highest BCUT2D eigenvalue weighted by atomic mass is 79.9. The highest BCUT2D eigenvalue weighted by Crippen LogP contribution is 2.43. The third-order valence-electron chi connectivity index (χ3n) is 5.11. The Kier molecular flexibility index (Phi) is 5.03. The molecule has 4 nitrogen and oxygen atoms in total. The van der Waals surface area contributed by atoms with Crippen molar-refractivity contribution in [2.45, 2.75) is 17.9 Å². The first-order valence-corrected chi connectivity index (χ1v) is 9.48.